The minimum Gasteiger partial charge on any atom is -0.290 e. The number of pyridine rings is 1. The lowest BCUT2D eigenvalue weighted by Gasteiger charge is -2.31. The molecule has 2 aromatic heterocycles. The summed E-state index contributed by atoms with van der Waals surface area (Å²) in [6.45, 7) is 0.842. The molecule has 28 heavy (non-hydrogen) atoms. The number of hydrogen-bond acceptors (Lipinski definition) is 3. The van der Waals surface area contributed by atoms with Gasteiger partial charge in [0.05, 0.1) is 11.1 Å². The summed E-state index contributed by atoms with van der Waals surface area (Å²) in [5.74, 6) is -0.725. The minimum absolute atomic E-state index is 0.174. The zero-order chi connectivity index (χ0) is 20.7. The minimum atomic E-state index is -4.92. The Morgan fingerprint density at radius 1 is 1.21 bits per heavy atom. The number of aromatic nitrogens is 2. The first kappa shape index (κ1) is 20.6. The quantitative estimate of drug-likeness (QED) is 0.557. The van der Waals surface area contributed by atoms with Gasteiger partial charge >= 0.3 is 6.18 Å². The number of fused-ring (bicyclic) bond motifs is 1. The van der Waals surface area contributed by atoms with Gasteiger partial charge in [-0.2, -0.15) is 17.5 Å². The molecule has 0 unspecified atom stereocenters. The Kier molecular flexibility index (Phi) is 5.39. The van der Waals surface area contributed by atoms with Crippen LogP contribution in [0.5, 0.6) is 0 Å². The highest BCUT2D eigenvalue weighted by Crippen LogP contribution is 2.40. The van der Waals surface area contributed by atoms with Crippen LogP contribution in [0.3, 0.4) is 0 Å². The predicted molar refractivity (Wildman–Crippen MR) is 95.0 cm³/mol. The summed E-state index contributed by atoms with van der Waals surface area (Å²) in [6, 6.07) is 3.37. The number of nitrogens with zero attached hydrogens (tertiary/aromatic N) is 3. The van der Waals surface area contributed by atoms with E-state index in [1.807, 2.05) is 0 Å². The van der Waals surface area contributed by atoms with E-state index < -0.39 is 34.6 Å². The number of benzene rings is 1. The maximum absolute atomic E-state index is 13.8. The van der Waals surface area contributed by atoms with Crippen molar-refractivity contribution in [1.29, 1.82) is 0 Å². The monoisotopic (exact) mass is 435 g/mol. The van der Waals surface area contributed by atoms with Crippen LogP contribution in [0, 0.1) is 5.82 Å². The van der Waals surface area contributed by atoms with Crippen molar-refractivity contribution < 1.29 is 26.0 Å². The molecule has 0 aliphatic rings. The largest absolute Gasteiger partial charge is 0.409 e. The fraction of sp³-hybridized carbons (Fsp3) is 0.235. The van der Waals surface area contributed by atoms with E-state index in [4.69, 9.17) is 11.6 Å². The molecule has 5 nitrogen and oxygen atoms in total. The molecule has 2 heterocycles. The van der Waals surface area contributed by atoms with Crippen molar-refractivity contribution in [1.82, 2.24) is 13.7 Å². The van der Waals surface area contributed by atoms with Crippen LogP contribution in [-0.4, -0.2) is 34.8 Å². The van der Waals surface area contributed by atoms with Gasteiger partial charge in [-0.15, -0.1) is 0 Å². The number of imidazole rings is 1. The summed E-state index contributed by atoms with van der Waals surface area (Å²) < 4.78 is 82.3. The molecular formula is C17H14ClF4N3O2S. The molecule has 0 aliphatic heterocycles. The van der Waals surface area contributed by atoms with Crippen molar-refractivity contribution >= 4 is 27.3 Å². The summed E-state index contributed by atoms with van der Waals surface area (Å²) in [6.07, 6.45) is -2.31. The Bertz CT molecular complexity index is 1100. The molecule has 0 N–H and O–H groups in total. The fourth-order valence-electron chi connectivity index (χ4n) is 2.88. The van der Waals surface area contributed by atoms with Gasteiger partial charge in [0.25, 0.3) is 0 Å². The zero-order valence-electron chi connectivity index (χ0n) is 14.4. The van der Waals surface area contributed by atoms with Gasteiger partial charge in [0.1, 0.15) is 22.7 Å². The van der Waals surface area contributed by atoms with Gasteiger partial charge in [0, 0.05) is 18.8 Å². The molecule has 3 rings (SSSR count). The Labute approximate surface area is 163 Å². The third kappa shape index (κ3) is 3.71. The van der Waals surface area contributed by atoms with E-state index >= 15 is 0 Å². The van der Waals surface area contributed by atoms with Crippen molar-refractivity contribution in [2.45, 2.75) is 24.0 Å². The van der Waals surface area contributed by atoms with E-state index in [0.717, 1.165) is 36.4 Å². The summed E-state index contributed by atoms with van der Waals surface area (Å²) in [5, 5.41) is 0.228. The molecule has 3 aromatic rings. The molecule has 150 valence electrons. The van der Waals surface area contributed by atoms with Crippen LogP contribution in [0.1, 0.15) is 18.5 Å². The van der Waals surface area contributed by atoms with Gasteiger partial charge in [-0.1, -0.05) is 30.7 Å². The van der Waals surface area contributed by atoms with E-state index in [9.17, 15) is 26.0 Å². The second kappa shape index (κ2) is 7.34. The van der Waals surface area contributed by atoms with Crippen LogP contribution in [0.25, 0.3) is 5.65 Å². The van der Waals surface area contributed by atoms with Crippen LogP contribution in [0.4, 0.5) is 17.6 Å². The van der Waals surface area contributed by atoms with E-state index in [-0.39, 0.29) is 21.3 Å². The molecule has 0 saturated carbocycles. The van der Waals surface area contributed by atoms with Gasteiger partial charge < -0.3 is 0 Å². The Morgan fingerprint density at radius 3 is 2.43 bits per heavy atom. The highest BCUT2D eigenvalue weighted by atomic mass is 35.5. The molecule has 0 fully saturated rings. The number of halogens is 5. The number of hydrogen-bond donors (Lipinski definition) is 0. The highest BCUT2D eigenvalue weighted by molar-refractivity contribution is 7.89. The van der Waals surface area contributed by atoms with Crippen molar-refractivity contribution in [3.05, 3.63) is 65.3 Å². The first-order valence-corrected chi connectivity index (χ1v) is 9.84. The van der Waals surface area contributed by atoms with Crippen molar-refractivity contribution in [3.63, 3.8) is 0 Å². The predicted octanol–water partition coefficient (Wildman–Crippen LogP) is 4.44. The topological polar surface area (TPSA) is 54.7 Å². The third-order valence-electron chi connectivity index (χ3n) is 4.14. The summed E-state index contributed by atoms with van der Waals surface area (Å²) in [5.41, 5.74) is -0.211. The maximum Gasteiger partial charge on any atom is 0.409 e. The summed E-state index contributed by atoms with van der Waals surface area (Å²) >= 11 is 5.89. The summed E-state index contributed by atoms with van der Waals surface area (Å²) in [4.78, 5) is 3.56. The molecular weight excluding hydrogens is 422 g/mol. The molecule has 0 spiro atoms. The molecule has 0 saturated heterocycles. The standard InChI is InChI=1S/C17H14ClF4N3O2S/c1-2-25(16(17(20,21)22)11-3-5-12(19)6-4-11)28(26,27)13-7-8-24-14(18)10-23-15(24)9-13/h3-10,16H,2H2,1H3/t16-/m1/s1. The molecule has 1 aromatic carbocycles. The normalized spacial score (nSPS) is 14.0. The summed E-state index contributed by atoms with van der Waals surface area (Å²) in [7, 11) is -4.55. The van der Waals surface area contributed by atoms with E-state index in [0.29, 0.717) is 4.31 Å². The maximum atomic E-state index is 13.8. The smallest absolute Gasteiger partial charge is 0.290 e. The zero-order valence-corrected chi connectivity index (χ0v) is 15.9. The van der Waals surface area contributed by atoms with E-state index in [2.05, 4.69) is 4.98 Å². The van der Waals surface area contributed by atoms with Gasteiger partial charge in [0.15, 0.2) is 0 Å². The van der Waals surface area contributed by atoms with Crippen molar-refractivity contribution in [2.75, 3.05) is 6.54 Å². The van der Waals surface area contributed by atoms with Crippen LogP contribution < -0.4 is 0 Å². The second-order valence-corrected chi connectivity index (χ2v) is 8.15. The molecule has 0 radical (unpaired) electrons. The Hall–Kier alpha value is -2.17. The average Bonchev–Trinajstić information content (AvgIpc) is 3.00. The molecule has 1 atom stereocenters. The van der Waals surface area contributed by atoms with Gasteiger partial charge in [-0.3, -0.25) is 4.40 Å². The van der Waals surface area contributed by atoms with Crippen LogP contribution in [-0.2, 0) is 10.0 Å². The number of rotatable bonds is 5. The second-order valence-electron chi connectivity index (χ2n) is 5.88. The van der Waals surface area contributed by atoms with Gasteiger partial charge in [-0.25, -0.2) is 17.8 Å². The van der Waals surface area contributed by atoms with Crippen molar-refractivity contribution in [3.8, 4) is 0 Å². The molecule has 0 amide bonds. The lowest BCUT2D eigenvalue weighted by Crippen LogP contribution is -2.42. The Morgan fingerprint density at radius 2 is 1.86 bits per heavy atom. The Balaban J connectivity index is 2.12. The molecule has 11 heteroatoms. The van der Waals surface area contributed by atoms with Gasteiger partial charge in [-0.05, 0) is 23.8 Å². The van der Waals surface area contributed by atoms with Gasteiger partial charge in [0.2, 0.25) is 10.0 Å². The van der Waals surface area contributed by atoms with Crippen LogP contribution in [0.15, 0.2) is 53.7 Å². The first-order chi connectivity index (χ1) is 13.1. The highest BCUT2D eigenvalue weighted by Gasteiger charge is 2.48. The van der Waals surface area contributed by atoms with E-state index in [1.54, 1.807) is 0 Å². The fourth-order valence-corrected chi connectivity index (χ4v) is 4.69. The van der Waals surface area contributed by atoms with Crippen LogP contribution in [0.2, 0.25) is 5.15 Å². The molecule has 0 aliphatic carbocycles. The number of alkyl halides is 3. The van der Waals surface area contributed by atoms with E-state index in [1.165, 1.54) is 23.7 Å². The SMILES string of the molecule is CCN([C@H](c1ccc(F)cc1)C(F)(F)F)S(=O)(=O)c1ccn2c(Cl)cnc2c1. The number of sulfonamides is 1. The first-order valence-electron chi connectivity index (χ1n) is 8.02. The average molecular weight is 436 g/mol. The lowest BCUT2D eigenvalue weighted by molar-refractivity contribution is -0.173. The third-order valence-corrected chi connectivity index (χ3v) is 6.36. The lowest BCUT2D eigenvalue weighted by atomic mass is 10.1. The van der Waals surface area contributed by atoms with Crippen LogP contribution >= 0.6 is 11.6 Å². The van der Waals surface area contributed by atoms with Crippen molar-refractivity contribution in [2.24, 2.45) is 0 Å². The molecule has 0 bridgehead atoms.